The number of carboxylic acid groups (broad SMARTS) is 1. The molecule has 0 saturated carbocycles. The van der Waals surface area contributed by atoms with E-state index in [0.717, 1.165) is 0 Å². The molecule has 0 unspecified atom stereocenters. The van der Waals surface area contributed by atoms with Gasteiger partial charge < -0.3 is 10.0 Å². The molecule has 0 bridgehead atoms. The van der Waals surface area contributed by atoms with Crippen LogP contribution in [0.4, 0.5) is 10.1 Å². The fourth-order valence-electron chi connectivity index (χ4n) is 1.96. The van der Waals surface area contributed by atoms with Gasteiger partial charge in [0.15, 0.2) is 0 Å². The summed E-state index contributed by atoms with van der Waals surface area (Å²) in [6, 6.07) is 8.29. The number of hydrogen-bond acceptors (Lipinski definition) is 3. The van der Waals surface area contributed by atoms with E-state index in [2.05, 4.69) is 4.98 Å². The fourth-order valence-corrected chi connectivity index (χ4v) is 1.96. The highest BCUT2D eigenvalue weighted by Gasteiger charge is 2.23. The van der Waals surface area contributed by atoms with Crippen LogP contribution in [-0.4, -0.2) is 28.5 Å². The Morgan fingerprint density at radius 2 is 2.05 bits per heavy atom. The molecule has 5 nitrogen and oxygen atoms in total. The van der Waals surface area contributed by atoms with Crippen molar-refractivity contribution in [3.63, 3.8) is 0 Å². The van der Waals surface area contributed by atoms with Crippen LogP contribution in [0.1, 0.15) is 27.8 Å². The summed E-state index contributed by atoms with van der Waals surface area (Å²) < 4.78 is 13.3. The SMILES string of the molecule is CCN(C(=O)c1ncccc1C(=O)O)c1cccc(F)c1. The van der Waals surface area contributed by atoms with Crippen LogP contribution < -0.4 is 4.90 Å². The maximum Gasteiger partial charge on any atom is 0.338 e. The number of carbonyl (C=O) groups excluding carboxylic acids is 1. The first-order chi connectivity index (χ1) is 10.0. The predicted molar refractivity (Wildman–Crippen MR) is 74.9 cm³/mol. The van der Waals surface area contributed by atoms with Crippen molar-refractivity contribution in [3.8, 4) is 0 Å². The molecular formula is C15H13FN2O3. The Kier molecular flexibility index (Phi) is 4.27. The van der Waals surface area contributed by atoms with Gasteiger partial charge in [0.25, 0.3) is 5.91 Å². The number of nitrogens with zero attached hydrogens (tertiary/aromatic N) is 2. The highest BCUT2D eigenvalue weighted by atomic mass is 19.1. The molecule has 2 aromatic rings. The number of rotatable bonds is 4. The van der Waals surface area contributed by atoms with Gasteiger partial charge in [-0.25, -0.2) is 9.18 Å². The molecule has 6 heteroatoms. The van der Waals surface area contributed by atoms with E-state index in [4.69, 9.17) is 5.11 Å². The molecule has 0 aliphatic heterocycles. The lowest BCUT2D eigenvalue weighted by atomic mass is 10.1. The number of amides is 1. The van der Waals surface area contributed by atoms with E-state index < -0.39 is 17.7 Å². The van der Waals surface area contributed by atoms with Gasteiger partial charge in [0.1, 0.15) is 11.5 Å². The predicted octanol–water partition coefficient (Wildman–Crippen LogP) is 2.59. The number of halogens is 1. The van der Waals surface area contributed by atoms with E-state index >= 15 is 0 Å². The summed E-state index contributed by atoms with van der Waals surface area (Å²) in [6.45, 7) is 1.98. The maximum absolute atomic E-state index is 13.3. The molecular weight excluding hydrogens is 275 g/mol. The van der Waals surface area contributed by atoms with Crippen LogP contribution in [0.5, 0.6) is 0 Å². The molecule has 1 heterocycles. The second-order valence-corrected chi connectivity index (χ2v) is 4.23. The number of benzene rings is 1. The maximum atomic E-state index is 13.3. The summed E-state index contributed by atoms with van der Waals surface area (Å²) in [5.74, 6) is -2.29. The molecule has 0 fully saturated rings. The van der Waals surface area contributed by atoms with Crippen molar-refractivity contribution in [2.24, 2.45) is 0 Å². The largest absolute Gasteiger partial charge is 0.478 e. The van der Waals surface area contributed by atoms with E-state index in [1.165, 1.54) is 41.4 Å². The van der Waals surface area contributed by atoms with Crippen molar-refractivity contribution in [3.05, 3.63) is 59.7 Å². The molecule has 0 radical (unpaired) electrons. The lowest BCUT2D eigenvalue weighted by molar-refractivity contribution is 0.0691. The Bertz CT molecular complexity index is 688. The zero-order valence-corrected chi connectivity index (χ0v) is 11.3. The standard InChI is InChI=1S/C15H13FN2O3/c1-2-18(11-6-3-5-10(16)9-11)14(19)13-12(15(20)21)7-4-8-17-13/h3-9H,2H2,1H3,(H,20,21). The third-order valence-electron chi connectivity index (χ3n) is 2.92. The monoisotopic (exact) mass is 288 g/mol. The molecule has 0 aliphatic carbocycles. The number of carboxylic acids is 1. The van der Waals surface area contributed by atoms with Crippen LogP contribution in [-0.2, 0) is 0 Å². The second-order valence-electron chi connectivity index (χ2n) is 4.23. The van der Waals surface area contributed by atoms with Crippen LogP contribution >= 0.6 is 0 Å². The molecule has 0 atom stereocenters. The molecule has 1 aromatic carbocycles. The first-order valence-electron chi connectivity index (χ1n) is 6.30. The highest BCUT2D eigenvalue weighted by molar-refractivity contribution is 6.10. The minimum atomic E-state index is -1.23. The summed E-state index contributed by atoms with van der Waals surface area (Å²) in [7, 11) is 0. The topological polar surface area (TPSA) is 70.5 Å². The Labute approximate surface area is 120 Å². The molecule has 0 spiro atoms. The lowest BCUT2D eigenvalue weighted by Gasteiger charge is -2.21. The molecule has 2 rings (SSSR count). The molecule has 0 aliphatic rings. The minimum Gasteiger partial charge on any atom is -0.478 e. The summed E-state index contributed by atoms with van der Waals surface area (Å²) in [5, 5.41) is 9.11. The van der Waals surface area contributed by atoms with Gasteiger partial charge in [0.2, 0.25) is 0 Å². The molecule has 108 valence electrons. The van der Waals surface area contributed by atoms with Crippen molar-refractivity contribution in [2.75, 3.05) is 11.4 Å². The van der Waals surface area contributed by atoms with Crippen LogP contribution in [0.3, 0.4) is 0 Å². The first kappa shape index (κ1) is 14.6. The van der Waals surface area contributed by atoms with E-state index in [9.17, 15) is 14.0 Å². The van der Waals surface area contributed by atoms with E-state index in [-0.39, 0.29) is 17.8 Å². The fraction of sp³-hybridized carbons (Fsp3) is 0.133. The zero-order chi connectivity index (χ0) is 15.4. The summed E-state index contributed by atoms with van der Waals surface area (Å²) >= 11 is 0. The number of pyridine rings is 1. The van der Waals surface area contributed by atoms with Crippen molar-refractivity contribution >= 4 is 17.6 Å². The Hall–Kier alpha value is -2.76. The summed E-state index contributed by atoms with van der Waals surface area (Å²) in [6.07, 6.45) is 1.35. The second kappa shape index (κ2) is 6.13. The third kappa shape index (κ3) is 3.05. The minimum absolute atomic E-state index is 0.170. The van der Waals surface area contributed by atoms with Crippen molar-refractivity contribution in [1.29, 1.82) is 0 Å². The Morgan fingerprint density at radius 1 is 1.29 bits per heavy atom. The van der Waals surface area contributed by atoms with E-state index in [1.807, 2.05) is 0 Å². The van der Waals surface area contributed by atoms with Gasteiger partial charge in [-0.05, 0) is 37.3 Å². The van der Waals surface area contributed by atoms with Gasteiger partial charge in [-0.1, -0.05) is 6.07 Å². The smallest absolute Gasteiger partial charge is 0.338 e. The average molecular weight is 288 g/mol. The molecule has 1 N–H and O–H groups in total. The molecule has 0 saturated heterocycles. The normalized spacial score (nSPS) is 10.2. The third-order valence-corrected chi connectivity index (χ3v) is 2.92. The average Bonchev–Trinajstić information content (AvgIpc) is 2.48. The van der Waals surface area contributed by atoms with Gasteiger partial charge in [0.05, 0.1) is 5.56 Å². The van der Waals surface area contributed by atoms with Gasteiger partial charge >= 0.3 is 5.97 Å². The van der Waals surface area contributed by atoms with E-state index in [0.29, 0.717) is 5.69 Å². The van der Waals surface area contributed by atoms with Crippen LogP contribution in [0.25, 0.3) is 0 Å². The lowest BCUT2D eigenvalue weighted by Crippen LogP contribution is -2.32. The molecule has 1 aromatic heterocycles. The van der Waals surface area contributed by atoms with Crippen molar-refractivity contribution < 1.29 is 19.1 Å². The molecule has 21 heavy (non-hydrogen) atoms. The quantitative estimate of drug-likeness (QED) is 0.938. The first-order valence-corrected chi connectivity index (χ1v) is 6.30. The van der Waals surface area contributed by atoms with E-state index in [1.54, 1.807) is 13.0 Å². The number of anilines is 1. The number of aromatic nitrogens is 1. The van der Waals surface area contributed by atoms with Crippen molar-refractivity contribution in [2.45, 2.75) is 6.92 Å². The highest BCUT2D eigenvalue weighted by Crippen LogP contribution is 2.19. The summed E-state index contributed by atoms with van der Waals surface area (Å²) in [5.41, 5.74) is -0.00189. The van der Waals surface area contributed by atoms with Crippen molar-refractivity contribution in [1.82, 2.24) is 4.98 Å². The number of hydrogen-bond donors (Lipinski definition) is 1. The summed E-state index contributed by atoms with van der Waals surface area (Å²) in [4.78, 5) is 28.8. The van der Waals surface area contributed by atoms with Gasteiger partial charge in [-0.15, -0.1) is 0 Å². The van der Waals surface area contributed by atoms with Crippen LogP contribution in [0.2, 0.25) is 0 Å². The van der Waals surface area contributed by atoms with Crippen LogP contribution in [0.15, 0.2) is 42.6 Å². The van der Waals surface area contributed by atoms with Gasteiger partial charge in [-0.3, -0.25) is 9.78 Å². The number of aromatic carboxylic acids is 1. The zero-order valence-electron chi connectivity index (χ0n) is 11.3. The van der Waals surface area contributed by atoms with Gasteiger partial charge in [-0.2, -0.15) is 0 Å². The number of carbonyl (C=O) groups is 2. The van der Waals surface area contributed by atoms with Gasteiger partial charge in [0, 0.05) is 18.4 Å². The molecule has 1 amide bonds. The van der Waals surface area contributed by atoms with Crippen LogP contribution in [0, 0.1) is 5.82 Å². The Morgan fingerprint density at radius 3 is 2.67 bits per heavy atom. The Balaban J connectivity index is 2.44.